The van der Waals surface area contributed by atoms with Gasteiger partial charge in [-0.15, -0.1) is 11.8 Å². The highest BCUT2D eigenvalue weighted by Crippen LogP contribution is 2.19. The highest BCUT2D eigenvalue weighted by Gasteiger charge is 2.08. The Labute approximate surface area is 114 Å². The molecule has 0 unspecified atom stereocenters. The number of carbonyl (C=O) groups excluding carboxylic acids is 1. The molecular formula is C13H14O5S. The van der Waals surface area contributed by atoms with Crippen LogP contribution in [0.3, 0.4) is 0 Å². The Morgan fingerprint density at radius 3 is 2.00 bits per heavy atom. The van der Waals surface area contributed by atoms with Gasteiger partial charge in [-0.25, -0.2) is 0 Å². The predicted octanol–water partition coefficient (Wildman–Crippen LogP) is 2.30. The summed E-state index contributed by atoms with van der Waals surface area (Å²) in [5, 5.41) is 17.0. The summed E-state index contributed by atoms with van der Waals surface area (Å²) in [7, 11) is 0. The lowest BCUT2D eigenvalue weighted by Gasteiger charge is -2.02. The van der Waals surface area contributed by atoms with E-state index in [-0.39, 0.29) is 25.0 Å². The number of hydrogen-bond acceptors (Lipinski definition) is 4. The first-order valence-electron chi connectivity index (χ1n) is 5.68. The van der Waals surface area contributed by atoms with Crippen molar-refractivity contribution >= 4 is 29.5 Å². The van der Waals surface area contributed by atoms with E-state index in [4.69, 9.17) is 10.2 Å². The summed E-state index contributed by atoms with van der Waals surface area (Å²) in [5.41, 5.74) is 0.476. The third-order valence-electron chi connectivity index (χ3n) is 2.33. The fraction of sp³-hybridized carbons (Fsp3) is 0.308. The average Bonchev–Trinajstić information content (AvgIpc) is 2.36. The number of thioether (sulfide) groups is 1. The van der Waals surface area contributed by atoms with Crippen molar-refractivity contribution in [3.63, 3.8) is 0 Å². The molecule has 5 nitrogen and oxygen atoms in total. The summed E-state index contributed by atoms with van der Waals surface area (Å²) in [6, 6.07) is 6.74. The molecule has 1 aromatic rings. The van der Waals surface area contributed by atoms with Gasteiger partial charge in [0.2, 0.25) is 0 Å². The standard InChI is InChI=1S/C13H14O5S/c14-11(5-6-12(15)16)9-1-3-10(4-2-9)19-8-7-13(17)18/h1-4H,5-8H2,(H,15,16)(H,17,18). The lowest BCUT2D eigenvalue weighted by molar-refractivity contribution is -0.137. The first-order valence-corrected chi connectivity index (χ1v) is 6.67. The summed E-state index contributed by atoms with van der Waals surface area (Å²) in [5.74, 6) is -1.56. The molecule has 2 N–H and O–H groups in total. The van der Waals surface area contributed by atoms with Crippen LogP contribution in [-0.2, 0) is 9.59 Å². The monoisotopic (exact) mass is 282 g/mol. The minimum atomic E-state index is -0.991. The van der Waals surface area contributed by atoms with Crippen molar-refractivity contribution in [3.8, 4) is 0 Å². The molecule has 0 atom stereocenters. The van der Waals surface area contributed by atoms with Gasteiger partial charge in [0.25, 0.3) is 0 Å². The summed E-state index contributed by atoms with van der Waals surface area (Å²) in [6.07, 6.45) is -0.0985. The molecule has 0 amide bonds. The topological polar surface area (TPSA) is 91.7 Å². The van der Waals surface area contributed by atoms with E-state index in [1.54, 1.807) is 24.3 Å². The van der Waals surface area contributed by atoms with Gasteiger partial charge in [0, 0.05) is 22.6 Å². The van der Waals surface area contributed by atoms with Gasteiger partial charge in [-0.2, -0.15) is 0 Å². The molecule has 0 fully saturated rings. The van der Waals surface area contributed by atoms with Crippen molar-refractivity contribution in [2.24, 2.45) is 0 Å². The lowest BCUT2D eigenvalue weighted by Crippen LogP contribution is -2.03. The summed E-state index contributed by atoms with van der Waals surface area (Å²) >= 11 is 1.40. The van der Waals surface area contributed by atoms with Gasteiger partial charge >= 0.3 is 11.9 Å². The second kappa shape index (κ2) is 7.58. The molecule has 0 aromatic heterocycles. The van der Waals surface area contributed by atoms with Crippen molar-refractivity contribution in [3.05, 3.63) is 29.8 Å². The molecule has 0 aliphatic rings. The number of benzene rings is 1. The van der Waals surface area contributed by atoms with Crippen molar-refractivity contribution in [1.82, 2.24) is 0 Å². The molecule has 0 saturated heterocycles. The molecule has 0 aliphatic heterocycles. The fourth-order valence-corrected chi connectivity index (χ4v) is 2.20. The van der Waals surface area contributed by atoms with Gasteiger partial charge in [0.1, 0.15) is 0 Å². The Balaban J connectivity index is 2.48. The lowest BCUT2D eigenvalue weighted by atomic mass is 10.1. The number of aliphatic carboxylic acids is 2. The maximum absolute atomic E-state index is 11.6. The van der Waals surface area contributed by atoms with Crippen molar-refractivity contribution in [1.29, 1.82) is 0 Å². The number of carbonyl (C=O) groups is 3. The van der Waals surface area contributed by atoms with E-state index in [1.165, 1.54) is 11.8 Å². The molecule has 0 aliphatic carbocycles. The molecular weight excluding hydrogens is 268 g/mol. The van der Waals surface area contributed by atoms with E-state index < -0.39 is 11.9 Å². The smallest absolute Gasteiger partial charge is 0.304 e. The van der Waals surface area contributed by atoms with Gasteiger partial charge in [-0.3, -0.25) is 14.4 Å². The Morgan fingerprint density at radius 2 is 1.47 bits per heavy atom. The van der Waals surface area contributed by atoms with Crippen LogP contribution in [-0.4, -0.2) is 33.7 Å². The highest BCUT2D eigenvalue weighted by molar-refractivity contribution is 7.99. The summed E-state index contributed by atoms with van der Waals surface area (Å²) in [4.78, 5) is 33.2. The zero-order chi connectivity index (χ0) is 14.3. The Hall–Kier alpha value is -1.82. The van der Waals surface area contributed by atoms with Crippen LogP contribution in [0.15, 0.2) is 29.2 Å². The van der Waals surface area contributed by atoms with Crippen molar-refractivity contribution in [2.45, 2.75) is 24.2 Å². The van der Waals surface area contributed by atoms with Crippen LogP contribution in [0.1, 0.15) is 29.6 Å². The van der Waals surface area contributed by atoms with Crippen molar-refractivity contribution in [2.75, 3.05) is 5.75 Å². The van der Waals surface area contributed by atoms with Crippen LogP contribution in [0.2, 0.25) is 0 Å². The zero-order valence-corrected chi connectivity index (χ0v) is 11.0. The normalized spacial score (nSPS) is 10.1. The molecule has 0 heterocycles. The Bertz CT molecular complexity index is 466. The van der Waals surface area contributed by atoms with Gasteiger partial charge < -0.3 is 10.2 Å². The molecule has 19 heavy (non-hydrogen) atoms. The number of ketones is 1. The number of rotatable bonds is 8. The third kappa shape index (κ3) is 6.05. The minimum Gasteiger partial charge on any atom is -0.481 e. The fourth-order valence-electron chi connectivity index (χ4n) is 1.36. The van der Waals surface area contributed by atoms with Crippen LogP contribution in [0, 0.1) is 0 Å². The zero-order valence-electron chi connectivity index (χ0n) is 10.2. The maximum atomic E-state index is 11.6. The molecule has 1 rings (SSSR count). The van der Waals surface area contributed by atoms with E-state index >= 15 is 0 Å². The number of hydrogen-bond donors (Lipinski definition) is 2. The first kappa shape index (κ1) is 15.2. The van der Waals surface area contributed by atoms with Crippen LogP contribution in [0.4, 0.5) is 0 Å². The van der Waals surface area contributed by atoms with Gasteiger partial charge in [-0.1, -0.05) is 12.1 Å². The molecule has 102 valence electrons. The summed E-state index contributed by atoms with van der Waals surface area (Å²) < 4.78 is 0. The number of carboxylic acids is 2. The van der Waals surface area contributed by atoms with Gasteiger partial charge in [-0.05, 0) is 12.1 Å². The average molecular weight is 282 g/mol. The van der Waals surface area contributed by atoms with Crippen LogP contribution in [0.25, 0.3) is 0 Å². The summed E-state index contributed by atoms with van der Waals surface area (Å²) in [6.45, 7) is 0. The number of Topliss-reactive ketones (excluding diaryl/α,β-unsaturated/α-hetero) is 1. The SMILES string of the molecule is O=C(O)CCSc1ccc(C(=O)CCC(=O)O)cc1. The molecule has 0 spiro atoms. The number of carboxylic acid groups (broad SMARTS) is 2. The highest BCUT2D eigenvalue weighted by atomic mass is 32.2. The van der Waals surface area contributed by atoms with E-state index in [0.29, 0.717) is 11.3 Å². The quantitative estimate of drug-likeness (QED) is 0.561. The molecule has 0 saturated carbocycles. The second-order valence-corrected chi connectivity index (χ2v) is 5.00. The van der Waals surface area contributed by atoms with Gasteiger partial charge in [0.15, 0.2) is 5.78 Å². The molecule has 0 radical (unpaired) electrons. The van der Waals surface area contributed by atoms with Crippen LogP contribution >= 0.6 is 11.8 Å². The third-order valence-corrected chi connectivity index (χ3v) is 3.34. The second-order valence-electron chi connectivity index (χ2n) is 3.83. The molecule has 6 heteroatoms. The van der Waals surface area contributed by atoms with Crippen LogP contribution in [0.5, 0.6) is 0 Å². The molecule has 1 aromatic carbocycles. The Kier molecular flexibility index (Phi) is 6.08. The predicted molar refractivity (Wildman–Crippen MR) is 70.6 cm³/mol. The largest absolute Gasteiger partial charge is 0.481 e. The first-order chi connectivity index (χ1) is 8.99. The van der Waals surface area contributed by atoms with Crippen LogP contribution < -0.4 is 0 Å². The van der Waals surface area contributed by atoms with Gasteiger partial charge in [0.05, 0.1) is 12.8 Å². The molecule has 0 bridgehead atoms. The van der Waals surface area contributed by atoms with E-state index in [2.05, 4.69) is 0 Å². The van der Waals surface area contributed by atoms with E-state index in [9.17, 15) is 14.4 Å². The Morgan fingerprint density at radius 1 is 0.895 bits per heavy atom. The van der Waals surface area contributed by atoms with E-state index in [0.717, 1.165) is 4.90 Å². The maximum Gasteiger partial charge on any atom is 0.304 e. The minimum absolute atomic E-state index is 0.0131. The van der Waals surface area contributed by atoms with E-state index in [1.807, 2.05) is 0 Å². The van der Waals surface area contributed by atoms with Crippen molar-refractivity contribution < 1.29 is 24.6 Å².